The van der Waals surface area contributed by atoms with Gasteiger partial charge in [0.25, 0.3) is 0 Å². The highest BCUT2D eigenvalue weighted by Gasteiger charge is 2.31. The van der Waals surface area contributed by atoms with Crippen molar-refractivity contribution in [1.82, 2.24) is 19.5 Å². The van der Waals surface area contributed by atoms with E-state index in [1.54, 1.807) is 19.2 Å². The van der Waals surface area contributed by atoms with Crippen LogP contribution in [0.5, 0.6) is 0 Å². The standard InChI is InChI=1S/C25H30F3N5/c1-16-11-18(25(26,27)28)14-19(12-16)30-24-31-21-15-29-22(13-17-7-5-6-8-17)32-23(21)33(24)20-9-3-2-4-10-20/h11-12,14-15,17,20H,2-10,13H2,1H3,(H,30,31). The minimum atomic E-state index is -4.40. The molecule has 1 aromatic carbocycles. The lowest BCUT2D eigenvalue weighted by molar-refractivity contribution is -0.137. The molecule has 0 amide bonds. The first-order valence-electron chi connectivity index (χ1n) is 12.1. The molecule has 176 valence electrons. The molecule has 0 spiro atoms. The van der Waals surface area contributed by atoms with Gasteiger partial charge in [-0.05, 0) is 49.4 Å². The van der Waals surface area contributed by atoms with Gasteiger partial charge in [0.1, 0.15) is 11.3 Å². The summed E-state index contributed by atoms with van der Waals surface area (Å²) in [7, 11) is 0. The van der Waals surface area contributed by atoms with Gasteiger partial charge in [0.15, 0.2) is 5.65 Å². The molecule has 8 heteroatoms. The first-order chi connectivity index (χ1) is 15.9. The Bertz CT molecular complexity index is 1130. The molecule has 1 N–H and O–H groups in total. The first kappa shape index (κ1) is 22.2. The maximum Gasteiger partial charge on any atom is 0.416 e. The number of anilines is 2. The number of benzene rings is 1. The van der Waals surface area contributed by atoms with Crippen LogP contribution in [0.15, 0.2) is 24.4 Å². The second kappa shape index (κ2) is 8.95. The van der Waals surface area contributed by atoms with Gasteiger partial charge < -0.3 is 5.32 Å². The average molecular weight is 458 g/mol. The van der Waals surface area contributed by atoms with E-state index in [4.69, 9.17) is 9.97 Å². The Balaban J connectivity index is 1.54. The van der Waals surface area contributed by atoms with Crippen molar-refractivity contribution in [3.05, 3.63) is 41.3 Å². The number of alkyl halides is 3. The van der Waals surface area contributed by atoms with Gasteiger partial charge in [-0.25, -0.2) is 15.0 Å². The Morgan fingerprint density at radius 3 is 2.42 bits per heavy atom. The molecule has 3 aromatic rings. The molecule has 2 fully saturated rings. The molecule has 5 nitrogen and oxygen atoms in total. The Morgan fingerprint density at radius 2 is 1.70 bits per heavy atom. The van der Waals surface area contributed by atoms with E-state index in [9.17, 15) is 13.2 Å². The molecule has 2 saturated carbocycles. The molecule has 0 atom stereocenters. The summed E-state index contributed by atoms with van der Waals surface area (Å²) in [5.41, 5.74) is 1.74. The maximum atomic E-state index is 13.4. The van der Waals surface area contributed by atoms with Crippen LogP contribution in [0.1, 0.15) is 80.8 Å². The minimum absolute atomic E-state index is 0.229. The highest BCUT2D eigenvalue weighted by molar-refractivity contribution is 5.75. The average Bonchev–Trinajstić information content (AvgIpc) is 3.40. The zero-order valence-electron chi connectivity index (χ0n) is 19.0. The lowest BCUT2D eigenvalue weighted by Gasteiger charge is -2.25. The van der Waals surface area contributed by atoms with Crippen LogP contribution in [-0.2, 0) is 12.6 Å². The van der Waals surface area contributed by atoms with Crippen molar-refractivity contribution in [3.63, 3.8) is 0 Å². The molecule has 0 saturated heterocycles. The minimum Gasteiger partial charge on any atom is -0.326 e. The monoisotopic (exact) mass is 457 g/mol. The number of nitrogens with one attached hydrogen (secondary N) is 1. The van der Waals surface area contributed by atoms with Crippen molar-refractivity contribution < 1.29 is 13.2 Å². The summed E-state index contributed by atoms with van der Waals surface area (Å²) < 4.78 is 42.2. The fourth-order valence-electron chi connectivity index (χ4n) is 5.42. The number of aromatic nitrogens is 4. The van der Waals surface area contributed by atoms with Crippen LogP contribution in [0.4, 0.5) is 24.8 Å². The van der Waals surface area contributed by atoms with Crippen molar-refractivity contribution in [1.29, 1.82) is 0 Å². The van der Waals surface area contributed by atoms with Gasteiger partial charge in [0, 0.05) is 18.2 Å². The van der Waals surface area contributed by atoms with Crippen molar-refractivity contribution >= 4 is 22.8 Å². The number of fused-ring (bicyclic) bond motifs is 1. The van der Waals surface area contributed by atoms with E-state index >= 15 is 0 Å². The highest BCUT2D eigenvalue weighted by atomic mass is 19.4. The quantitative estimate of drug-likeness (QED) is 0.443. The van der Waals surface area contributed by atoms with E-state index in [1.165, 1.54) is 32.1 Å². The summed E-state index contributed by atoms with van der Waals surface area (Å²) >= 11 is 0. The fraction of sp³-hybridized carbons (Fsp3) is 0.560. The van der Waals surface area contributed by atoms with Crippen LogP contribution in [0, 0.1) is 12.8 Å². The molecular weight excluding hydrogens is 427 g/mol. The van der Waals surface area contributed by atoms with Gasteiger partial charge in [-0.15, -0.1) is 0 Å². The molecule has 2 aliphatic rings. The van der Waals surface area contributed by atoms with Crippen LogP contribution >= 0.6 is 0 Å². The van der Waals surface area contributed by atoms with E-state index in [1.807, 2.05) is 0 Å². The third-order valence-electron chi connectivity index (χ3n) is 7.03. The summed E-state index contributed by atoms with van der Waals surface area (Å²) in [4.78, 5) is 14.2. The van der Waals surface area contributed by atoms with Gasteiger partial charge >= 0.3 is 6.18 Å². The molecule has 0 bridgehead atoms. The van der Waals surface area contributed by atoms with Crippen LogP contribution in [0.3, 0.4) is 0 Å². The molecule has 0 aliphatic heterocycles. The molecule has 33 heavy (non-hydrogen) atoms. The van der Waals surface area contributed by atoms with Gasteiger partial charge in [0.05, 0.1) is 11.8 Å². The first-order valence-corrected chi connectivity index (χ1v) is 12.1. The van der Waals surface area contributed by atoms with Crippen LogP contribution in [-0.4, -0.2) is 19.5 Å². The number of aryl methyl sites for hydroxylation is 1. The number of halogens is 3. The largest absolute Gasteiger partial charge is 0.416 e. The van der Waals surface area contributed by atoms with Crippen LogP contribution < -0.4 is 5.32 Å². The van der Waals surface area contributed by atoms with Crippen molar-refractivity contribution in [2.24, 2.45) is 5.92 Å². The number of nitrogens with zero attached hydrogens (tertiary/aromatic N) is 4. The van der Waals surface area contributed by atoms with Crippen molar-refractivity contribution in [3.8, 4) is 0 Å². The molecule has 0 unspecified atom stereocenters. The van der Waals surface area contributed by atoms with Gasteiger partial charge in [-0.1, -0.05) is 44.9 Å². The van der Waals surface area contributed by atoms with Crippen LogP contribution in [0.2, 0.25) is 0 Å². The number of hydrogen-bond acceptors (Lipinski definition) is 4. The van der Waals surface area contributed by atoms with Crippen molar-refractivity contribution in [2.75, 3.05) is 5.32 Å². The van der Waals surface area contributed by atoms with Gasteiger partial charge in [0.2, 0.25) is 5.95 Å². The Hall–Kier alpha value is -2.64. The predicted octanol–water partition coefficient (Wildman–Crippen LogP) is 7.14. The highest BCUT2D eigenvalue weighted by Crippen LogP contribution is 2.36. The third-order valence-corrected chi connectivity index (χ3v) is 7.03. The van der Waals surface area contributed by atoms with Crippen LogP contribution in [0.25, 0.3) is 11.2 Å². The van der Waals surface area contributed by atoms with Gasteiger partial charge in [-0.2, -0.15) is 13.2 Å². The molecule has 0 radical (unpaired) electrons. The van der Waals surface area contributed by atoms with E-state index in [0.717, 1.165) is 55.7 Å². The predicted molar refractivity (Wildman–Crippen MR) is 123 cm³/mol. The van der Waals surface area contributed by atoms with E-state index in [2.05, 4.69) is 14.9 Å². The smallest absolute Gasteiger partial charge is 0.326 e. The summed E-state index contributed by atoms with van der Waals surface area (Å²) in [5.74, 6) is 2.02. The summed E-state index contributed by atoms with van der Waals surface area (Å²) in [5, 5.41) is 3.19. The lowest BCUT2D eigenvalue weighted by Crippen LogP contribution is -2.16. The summed E-state index contributed by atoms with van der Waals surface area (Å²) in [6, 6.07) is 4.26. The molecular formula is C25H30F3N5. The molecule has 2 aliphatic carbocycles. The molecule has 2 heterocycles. The normalized spacial score (nSPS) is 18.3. The Morgan fingerprint density at radius 1 is 0.970 bits per heavy atom. The zero-order chi connectivity index (χ0) is 23.0. The lowest BCUT2D eigenvalue weighted by atomic mass is 9.95. The zero-order valence-corrected chi connectivity index (χ0v) is 19.0. The Kier molecular flexibility index (Phi) is 6.01. The summed E-state index contributed by atoms with van der Waals surface area (Å²) in [6.07, 6.45) is 8.76. The summed E-state index contributed by atoms with van der Waals surface area (Å²) in [6.45, 7) is 1.67. The van der Waals surface area contributed by atoms with E-state index in [-0.39, 0.29) is 6.04 Å². The fourth-order valence-corrected chi connectivity index (χ4v) is 5.42. The van der Waals surface area contributed by atoms with E-state index in [0.29, 0.717) is 28.6 Å². The second-order valence-corrected chi connectivity index (χ2v) is 9.66. The molecule has 5 rings (SSSR count). The molecule has 2 aromatic heterocycles. The third kappa shape index (κ3) is 4.84. The number of hydrogen-bond donors (Lipinski definition) is 1. The van der Waals surface area contributed by atoms with E-state index < -0.39 is 11.7 Å². The Labute approximate surface area is 191 Å². The topological polar surface area (TPSA) is 55.6 Å². The van der Waals surface area contributed by atoms with Gasteiger partial charge in [-0.3, -0.25) is 4.57 Å². The SMILES string of the molecule is Cc1cc(Nc2nc3cnc(CC4CCCC4)nc3n2C2CCCCC2)cc(C(F)(F)F)c1. The van der Waals surface area contributed by atoms with Crippen molar-refractivity contribution in [2.45, 2.75) is 83.4 Å². The number of imidazole rings is 1. The second-order valence-electron chi connectivity index (χ2n) is 9.66. The number of rotatable bonds is 5. The maximum absolute atomic E-state index is 13.4.